The van der Waals surface area contributed by atoms with Crippen LogP contribution in [0, 0.1) is 0 Å². The Labute approximate surface area is 215 Å². The monoisotopic (exact) mass is 522 g/mol. The molecule has 1 N–H and O–H groups in total. The number of hydrogen-bond acceptors (Lipinski definition) is 3. The molecule has 8 heteroatoms. The molecule has 0 atom stereocenters. The van der Waals surface area contributed by atoms with Gasteiger partial charge in [-0.25, -0.2) is 4.79 Å². The van der Waals surface area contributed by atoms with E-state index in [0.717, 1.165) is 34.6 Å². The van der Waals surface area contributed by atoms with Crippen LogP contribution in [0.1, 0.15) is 27.0 Å². The van der Waals surface area contributed by atoms with Crippen molar-refractivity contribution in [3.05, 3.63) is 105 Å². The molecule has 1 aliphatic rings. The number of anilines is 1. The van der Waals surface area contributed by atoms with Gasteiger partial charge in [-0.2, -0.15) is 0 Å². The molecule has 0 saturated heterocycles. The van der Waals surface area contributed by atoms with Crippen molar-refractivity contribution in [1.82, 2.24) is 0 Å². The van der Waals surface area contributed by atoms with E-state index in [1.165, 1.54) is 0 Å². The first-order valence-corrected chi connectivity index (χ1v) is 10.6. The number of carbonyl (C=O) groups is 1. The van der Waals surface area contributed by atoms with E-state index in [1.807, 2.05) is 48.6 Å². The summed E-state index contributed by atoms with van der Waals surface area (Å²) in [6.45, 7) is 2.10. The van der Waals surface area contributed by atoms with Crippen LogP contribution >= 0.6 is 48.0 Å². The van der Waals surface area contributed by atoms with E-state index in [1.54, 1.807) is 18.2 Å². The summed E-state index contributed by atoms with van der Waals surface area (Å²) in [5, 5.41) is 10.2. The van der Waals surface area contributed by atoms with Crippen LogP contribution in [-0.2, 0) is 6.54 Å². The van der Waals surface area contributed by atoms with Gasteiger partial charge in [-0.05, 0) is 47.5 Å². The Bertz CT molecular complexity index is 1180. The largest absolute Gasteiger partial charge is 0.478 e. The van der Waals surface area contributed by atoms with Gasteiger partial charge in [0.25, 0.3) is 0 Å². The number of fused-ring (bicyclic) bond motifs is 1. The normalized spacial score (nSPS) is 12.8. The van der Waals surface area contributed by atoms with Gasteiger partial charge in [0, 0.05) is 24.3 Å². The fourth-order valence-electron chi connectivity index (χ4n) is 3.53. The third kappa shape index (κ3) is 6.52. The minimum atomic E-state index is -0.918. The lowest BCUT2D eigenvalue weighted by Crippen LogP contribution is -2.25. The second-order valence-electron chi connectivity index (χ2n) is 7.21. The van der Waals surface area contributed by atoms with E-state index >= 15 is 0 Å². The second-order valence-corrected chi connectivity index (χ2v) is 8.03. The highest BCUT2D eigenvalue weighted by molar-refractivity contribution is 6.42. The van der Waals surface area contributed by atoms with Gasteiger partial charge in [0.1, 0.15) is 0 Å². The summed E-state index contributed by atoms with van der Waals surface area (Å²) in [6.07, 6.45) is 3.99. The molecule has 0 fully saturated rings. The number of allylic oxidation sites excluding steroid dienone is 1. The molecule has 1 heterocycles. The zero-order valence-corrected chi connectivity index (χ0v) is 20.6. The molecule has 1 aliphatic heterocycles. The van der Waals surface area contributed by atoms with Gasteiger partial charge in [0.15, 0.2) is 0 Å². The topological polar surface area (TPSA) is 52.9 Å². The van der Waals surface area contributed by atoms with Crippen molar-refractivity contribution in [3.63, 3.8) is 0 Å². The summed E-state index contributed by atoms with van der Waals surface area (Å²) >= 11 is 12.1. The van der Waals surface area contributed by atoms with Crippen LogP contribution in [0.5, 0.6) is 0 Å². The highest BCUT2D eigenvalue weighted by Gasteiger charge is 2.17. The molecule has 0 radical (unpaired) electrons. The maximum absolute atomic E-state index is 11.1. The number of carboxylic acid groups (broad SMARTS) is 1. The zero-order chi connectivity index (χ0) is 21.8. The highest BCUT2D eigenvalue weighted by Crippen LogP contribution is 2.27. The molecular weight excluding hydrogens is 502 g/mol. The lowest BCUT2D eigenvalue weighted by molar-refractivity contribution is 0.0697. The maximum atomic E-state index is 11.1. The number of aliphatic imine (C=N–C) groups is 1. The molecule has 4 nitrogen and oxygen atoms in total. The molecule has 33 heavy (non-hydrogen) atoms. The maximum Gasteiger partial charge on any atom is 0.335 e. The van der Waals surface area contributed by atoms with Gasteiger partial charge in [-0.15, -0.1) is 24.8 Å². The Kier molecular flexibility index (Phi) is 9.81. The number of halogens is 4. The molecule has 0 aromatic heterocycles. The van der Waals surface area contributed by atoms with Crippen molar-refractivity contribution < 1.29 is 9.90 Å². The van der Waals surface area contributed by atoms with Crippen LogP contribution in [0.25, 0.3) is 6.08 Å². The predicted octanol–water partition coefficient (Wildman–Crippen LogP) is 7.06. The Morgan fingerprint density at radius 3 is 2.39 bits per heavy atom. The predicted molar refractivity (Wildman–Crippen MR) is 142 cm³/mol. The van der Waals surface area contributed by atoms with Crippen LogP contribution in [0.4, 0.5) is 5.69 Å². The molecule has 172 valence electrons. The lowest BCUT2D eigenvalue weighted by atomic mass is 10.0. The number of para-hydroxylation sites is 1. The molecule has 0 unspecified atom stereocenters. The highest BCUT2D eigenvalue weighted by atomic mass is 35.5. The third-order valence-corrected chi connectivity index (χ3v) is 5.86. The van der Waals surface area contributed by atoms with Gasteiger partial charge in [0.2, 0.25) is 0 Å². The first-order valence-electron chi connectivity index (χ1n) is 9.85. The number of carboxylic acids is 1. The van der Waals surface area contributed by atoms with Crippen LogP contribution in [-0.4, -0.2) is 29.9 Å². The minimum absolute atomic E-state index is 0. The summed E-state index contributed by atoms with van der Waals surface area (Å²) in [4.78, 5) is 18.2. The van der Waals surface area contributed by atoms with Gasteiger partial charge in [0.05, 0.1) is 27.9 Å². The Balaban J connectivity index is 0.00000193. The van der Waals surface area contributed by atoms with Gasteiger partial charge in [-0.1, -0.05) is 65.7 Å². The standard InChI is InChI=1S/C25H20Cl2N2O2.2ClH/c26-21-11-7-17(15-22(21)27)8-12-23-20-3-1-2-4-24(20)29(14-13-28-23)16-18-5-9-19(10-6-18)25(30)31;;/h1-12,15H,13-14,16H2,(H,30,31);2*1H. The SMILES string of the molecule is Cl.Cl.O=C(O)c1ccc(CN2CCN=C(C=Cc3ccc(Cl)c(Cl)c3)c3ccccc32)cc1. The molecule has 0 aliphatic carbocycles. The second kappa shape index (κ2) is 12.1. The van der Waals surface area contributed by atoms with Crippen molar-refractivity contribution in [2.45, 2.75) is 6.54 Å². The molecule has 0 amide bonds. The van der Waals surface area contributed by atoms with Crippen LogP contribution in [0.3, 0.4) is 0 Å². The Morgan fingerprint density at radius 2 is 1.70 bits per heavy atom. The smallest absolute Gasteiger partial charge is 0.335 e. The quantitative estimate of drug-likeness (QED) is 0.389. The number of rotatable bonds is 5. The first kappa shape index (κ1) is 26.7. The molecule has 3 aromatic rings. The van der Waals surface area contributed by atoms with E-state index in [-0.39, 0.29) is 30.4 Å². The van der Waals surface area contributed by atoms with Crippen molar-refractivity contribution in [2.24, 2.45) is 4.99 Å². The summed E-state index contributed by atoms with van der Waals surface area (Å²) < 4.78 is 0. The summed E-state index contributed by atoms with van der Waals surface area (Å²) in [6, 6.07) is 20.7. The molecule has 4 rings (SSSR count). The lowest BCUT2D eigenvalue weighted by Gasteiger charge is -2.25. The number of nitrogens with zero attached hydrogens (tertiary/aromatic N) is 2. The summed E-state index contributed by atoms with van der Waals surface area (Å²) in [7, 11) is 0. The molecule has 3 aromatic carbocycles. The van der Waals surface area contributed by atoms with Crippen molar-refractivity contribution in [2.75, 3.05) is 18.0 Å². The number of benzene rings is 3. The van der Waals surface area contributed by atoms with Crippen molar-refractivity contribution >= 4 is 71.5 Å². The van der Waals surface area contributed by atoms with E-state index in [2.05, 4.69) is 17.0 Å². The fraction of sp³-hybridized carbons (Fsp3) is 0.120. The van der Waals surface area contributed by atoms with E-state index in [4.69, 9.17) is 33.3 Å². The van der Waals surface area contributed by atoms with Crippen molar-refractivity contribution in [1.29, 1.82) is 0 Å². The van der Waals surface area contributed by atoms with Crippen LogP contribution in [0.15, 0.2) is 77.8 Å². The van der Waals surface area contributed by atoms with E-state index in [9.17, 15) is 4.79 Å². The summed E-state index contributed by atoms with van der Waals surface area (Å²) in [5.74, 6) is -0.918. The van der Waals surface area contributed by atoms with Crippen LogP contribution in [0.2, 0.25) is 10.0 Å². The summed E-state index contributed by atoms with van der Waals surface area (Å²) in [5.41, 5.74) is 5.35. The third-order valence-electron chi connectivity index (χ3n) is 5.12. The Hall–Kier alpha value is -2.50. The van der Waals surface area contributed by atoms with E-state index < -0.39 is 5.97 Å². The first-order chi connectivity index (χ1) is 15.0. The number of aromatic carboxylic acids is 1. The Morgan fingerprint density at radius 1 is 0.970 bits per heavy atom. The number of benzodiazepines with no additional fused rings is 1. The molecule has 0 bridgehead atoms. The minimum Gasteiger partial charge on any atom is -0.478 e. The number of hydrogen-bond donors (Lipinski definition) is 1. The average Bonchev–Trinajstić information content (AvgIpc) is 2.94. The zero-order valence-electron chi connectivity index (χ0n) is 17.4. The fourth-order valence-corrected chi connectivity index (χ4v) is 3.84. The van der Waals surface area contributed by atoms with Crippen molar-refractivity contribution in [3.8, 4) is 0 Å². The van der Waals surface area contributed by atoms with Gasteiger partial charge < -0.3 is 10.0 Å². The molecular formula is C25H22Cl4N2O2. The molecule has 0 saturated carbocycles. The van der Waals surface area contributed by atoms with Crippen LogP contribution < -0.4 is 4.90 Å². The average molecular weight is 524 g/mol. The van der Waals surface area contributed by atoms with Gasteiger partial charge in [-0.3, -0.25) is 4.99 Å². The van der Waals surface area contributed by atoms with E-state index in [0.29, 0.717) is 23.1 Å². The molecule has 0 spiro atoms. The van der Waals surface area contributed by atoms with Gasteiger partial charge >= 0.3 is 5.97 Å².